The van der Waals surface area contributed by atoms with Crippen LogP contribution in [0.5, 0.6) is 0 Å². The molecule has 2 unspecified atom stereocenters. The molecule has 180 valence electrons. The third kappa shape index (κ3) is 7.33. The Morgan fingerprint density at radius 3 is 2.55 bits per heavy atom. The average Bonchev–Trinajstić information content (AvgIpc) is 3.34. The van der Waals surface area contributed by atoms with Crippen molar-refractivity contribution in [1.29, 1.82) is 0 Å². The third-order valence-electron chi connectivity index (χ3n) is 6.13. The van der Waals surface area contributed by atoms with Crippen molar-refractivity contribution in [2.24, 2.45) is 0 Å². The van der Waals surface area contributed by atoms with Crippen LogP contribution in [0.2, 0.25) is 0 Å². The van der Waals surface area contributed by atoms with Crippen molar-refractivity contribution in [1.82, 2.24) is 4.90 Å². The first-order valence-corrected chi connectivity index (χ1v) is 12.3. The lowest BCUT2D eigenvalue weighted by molar-refractivity contribution is -0.148. The van der Waals surface area contributed by atoms with Crippen LogP contribution in [0, 0.1) is 0 Å². The first kappa shape index (κ1) is 25.3. The number of amides is 1. The molecule has 1 aliphatic heterocycles. The van der Waals surface area contributed by atoms with Crippen molar-refractivity contribution in [3.05, 3.63) is 57.8 Å². The van der Waals surface area contributed by atoms with E-state index >= 15 is 0 Å². The SMILES string of the molecule is O=C(O)c1ccc(CCCN2C(=O)C(F)(F)CC2CCC(O)CCCCc2ccccc2)s1. The van der Waals surface area contributed by atoms with Crippen molar-refractivity contribution in [3.63, 3.8) is 0 Å². The highest BCUT2D eigenvalue weighted by Crippen LogP contribution is 2.36. The second-order valence-electron chi connectivity index (χ2n) is 8.70. The number of hydrogen-bond donors (Lipinski definition) is 2. The summed E-state index contributed by atoms with van der Waals surface area (Å²) in [6.45, 7) is 0.201. The molecule has 2 heterocycles. The number of aryl methyl sites for hydroxylation is 2. The van der Waals surface area contributed by atoms with E-state index in [1.165, 1.54) is 16.5 Å². The fraction of sp³-hybridized carbons (Fsp3) is 0.520. The molecule has 2 aromatic rings. The Morgan fingerprint density at radius 2 is 1.85 bits per heavy atom. The monoisotopic (exact) mass is 479 g/mol. The molecule has 1 aliphatic rings. The number of benzene rings is 1. The highest BCUT2D eigenvalue weighted by atomic mass is 32.1. The zero-order valence-electron chi connectivity index (χ0n) is 18.6. The number of carboxylic acid groups (broad SMARTS) is 1. The Hall–Kier alpha value is -2.32. The van der Waals surface area contributed by atoms with E-state index in [2.05, 4.69) is 12.1 Å². The van der Waals surface area contributed by atoms with Gasteiger partial charge in [0, 0.05) is 23.9 Å². The zero-order valence-corrected chi connectivity index (χ0v) is 19.4. The number of hydrogen-bond acceptors (Lipinski definition) is 4. The number of nitrogens with zero attached hydrogens (tertiary/aromatic N) is 1. The number of aliphatic hydroxyl groups excluding tert-OH is 1. The maximum atomic E-state index is 14.1. The van der Waals surface area contributed by atoms with Crippen molar-refractivity contribution < 1.29 is 28.6 Å². The van der Waals surface area contributed by atoms with Crippen LogP contribution in [0.25, 0.3) is 0 Å². The minimum atomic E-state index is -3.36. The number of carbonyl (C=O) groups excluding carboxylic acids is 1. The lowest BCUT2D eigenvalue weighted by Crippen LogP contribution is -2.37. The van der Waals surface area contributed by atoms with Crippen LogP contribution >= 0.6 is 11.3 Å². The molecule has 0 spiro atoms. The van der Waals surface area contributed by atoms with Gasteiger partial charge >= 0.3 is 11.9 Å². The first-order valence-electron chi connectivity index (χ1n) is 11.5. The lowest BCUT2D eigenvalue weighted by atomic mass is 10.00. The van der Waals surface area contributed by atoms with Crippen molar-refractivity contribution >= 4 is 23.2 Å². The Morgan fingerprint density at radius 1 is 1.09 bits per heavy atom. The highest BCUT2D eigenvalue weighted by molar-refractivity contribution is 7.13. The fourth-order valence-electron chi connectivity index (χ4n) is 4.35. The number of likely N-dealkylation sites (tertiary alicyclic amines) is 1. The Labute approximate surface area is 197 Å². The number of carbonyl (C=O) groups is 2. The van der Waals surface area contributed by atoms with Crippen molar-refractivity contribution in [2.45, 2.75) is 75.9 Å². The Kier molecular flexibility index (Phi) is 8.97. The smallest absolute Gasteiger partial charge is 0.345 e. The Bertz CT molecular complexity index is 918. The van der Waals surface area contributed by atoms with Gasteiger partial charge in [0.2, 0.25) is 0 Å². The predicted octanol–water partition coefficient (Wildman–Crippen LogP) is 5.17. The summed E-state index contributed by atoms with van der Waals surface area (Å²) in [6.07, 6.45) is 4.08. The van der Waals surface area contributed by atoms with Gasteiger partial charge in [-0.1, -0.05) is 36.8 Å². The van der Waals surface area contributed by atoms with Crippen LogP contribution in [-0.2, 0) is 17.6 Å². The molecule has 8 heteroatoms. The van der Waals surface area contributed by atoms with Gasteiger partial charge in [0.15, 0.2) is 0 Å². The fourth-order valence-corrected chi connectivity index (χ4v) is 5.23. The molecule has 33 heavy (non-hydrogen) atoms. The predicted molar refractivity (Wildman–Crippen MR) is 124 cm³/mol. The van der Waals surface area contributed by atoms with E-state index in [0.29, 0.717) is 32.1 Å². The molecular formula is C25H31F2NO4S. The number of aromatic carboxylic acids is 1. The van der Waals surface area contributed by atoms with Gasteiger partial charge in [-0.25, -0.2) is 4.79 Å². The maximum Gasteiger partial charge on any atom is 0.345 e. The van der Waals surface area contributed by atoms with E-state index in [-0.39, 0.29) is 11.4 Å². The maximum absolute atomic E-state index is 14.1. The highest BCUT2D eigenvalue weighted by Gasteiger charge is 2.52. The van der Waals surface area contributed by atoms with E-state index in [9.17, 15) is 23.5 Å². The minimum Gasteiger partial charge on any atom is -0.477 e. The first-order chi connectivity index (χ1) is 15.8. The number of aliphatic hydroxyl groups is 1. The van der Waals surface area contributed by atoms with E-state index in [1.807, 2.05) is 18.2 Å². The van der Waals surface area contributed by atoms with Crippen molar-refractivity contribution in [2.75, 3.05) is 6.54 Å². The molecule has 1 saturated heterocycles. The summed E-state index contributed by atoms with van der Waals surface area (Å²) in [7, 11) is 0. The van der Waals surface area contributed by atoms with Crippen LogP contribution in [0.1, 0.15) is 65.1 Å². The molecule has 1 aromatic heterocycles. The number of rotatable bonds is 13. The van der Waals surface area contributed by atoms with Gasteiger partial charge in [-0.05, 0) is 62.6 Å². The van der Waals surface area contributed by atoms with E-state index in [4.69, 9.17) is 5.11 Å². The molecule has 0 radical (unpaired) electrons. The topological polar surface area (TPSA) is 77.8 Å². The molecule has 2 atom stereocenters. The van der Waals surface area contributed by atoms with Crippen LogP contribution in [0.3, 0.4) is 0 Å². The molecule has 1 fully saturated rings. The number of carboxylic acids is 1. The number of alkyl halides is 2. The van der Waals surface area contributed by atoms with E-state index in [1.54, 1.807) is 6.07 Å². The van der Waals surface area contributed by atoms with Gasteiger partial charge in [0.1, 0.15) is 4.88 Å². The average molecular weight is 480 g/mol. The minimum absolute atomic E-state index is 0.201. The second-order valence-corrected chi connectivity index (χ2v) is 9.87. The molecule has 0 aliphatic carbocycles. The van der Waals surface area contributed by atoms with E-state index in [0.717, 1.165) is 35.5 Å². The van der Waals surface area contributed by atoms with Gasteiger partial charge in [-0.2, -0.15) is 8.78 Å². The molecule has 2 N–H and O–H groups in total. The molecular weight excluding hydrogens is 448 g/mol. The summed E-state index contributed by atoms with van der Waals surface area (Å²) in [5.41, 5.74) is 1.26. The van der Waals surface area contributed by atoms with Crippen LogP contribution < -0.4 is 0 Å². The summed E-state index contributed by atoms with van der Waals surface area (Å²) in [6, 6.07) is 12.8. The Balaban J connectivity index is 1.41. The van der Waals surface area contributed by atoms with Gasteiger partial charge in [-0.15, -0.1) is 11.3 Å². The standard InChI is InChI=1S/C25H31F2NO4S/c26-25(27)17-19(12-13-20(29)10-5-4-9-18-7-2-1-3-8-18)28(24(25)32)16-6-11-21-14-15-22(33-21)23(30)31/h1-3,7-8,14-15,19-20,29H,4-6,9-13,16-17H2,(H,30,31). The van der Waals surface area contributed by atoms with Crippen LogP contribution in [0.15, 0.2) is 42.5 Å². The molecule has 1 amide bonds. The lowest BCUT2D eigenvalue weighted by Gasteiger charge is -2.25. The third-order valence-corrected chi connectivity index (χ3v) is 7.26. The normalized spacial score (nSPS) is 18.6. The van der Waals surface area contributed by atoms with Gasteiger partial charge < -0.3 is 15.1 Å². The molecule has 3 rings (SSSR count). The number of unbranched alkanes of at least 4 members (excludes halogenated alkanes) is 1. The summed E-state index contributed by atoms with van der Waals surface area (Å²) in [5.74, 6) is -5.48. The second kappa shape index (κ2) is 11.7. The van der Waals surface area contributed by atoms with Crippen LogP contribution in [0.4, 0.5) is 8.78 Å². The summed E-state index contributed by atoms with van der Waals surface area (Å²) in [4.78, 5) is 25.5. The largest absolute Gasteiger partial charge is 0.477 e. The van der Waals surface area contributed by atoms with Gasteiger partial charge in [-0.3, -0.25) is 4.79 Å². The van der Waals surface area contributed by atoms with Crippen LogP contribution in [-0.4, -0.2) is 51.6 Å². The summed E-state index contributed by atoms with van der Waals surface area (Å²) in [5, 5.41) is 19.3. The van der Waals surface area contributed by atoms with E-state index < -0.39 is 36.4 Å². The van der Waals surface area contributed by atoms with Gasteiger partial charge in [0.05, 0.1) is 6.10 Å². The molecule has 0 saturated carbocycles. The summed E-state index contributed by atoms with van der Waals surface area (Å²) >= 11 is 1.16. The molecule has 1 aromatic carbocycles. The van der Waals surface area contributed by atoms with Gasteiger partial charge in [0.25, 0.3) is 5.91 Å². The quantitative estimate of drug-likeness (QED) is 0.389. The van der Waals surface area contributed by atoms with Crippen molar-refractivity contribution in [3.8, 4) is 0 Å². The molecule has 5 nitrogen and oxygen atoms in total. The number of halogens is 2. The molecule has 0 bridgehead atoms. The number of thiophene rings is 1. The zero-order chi connectivity index (χ0) is 23.8. The summed E-state index contributed by atoms with van der Waals surface area (Å²) < 4.78 is 28.2.